The van der Waals surface area contributed by atoms with Crippen LogP contribution >= 0.6 is 11.6 Å². The Balaban J connectivity index is 1.64. The summed E-state index contributed by atoms with van der Waals surface area (Å²) < 4.78 is 9.75. The molecule has 1 aromatic carbocycles. The lowest BCUT2D eigenvalue weighted by molar-refractivity contribution is -0.146. The molecule has 0 bridgehead atoms. The first-order valence-electron chi connectivity index (χ1n) is 6.38. The molecular weight excluding hydrogens is 282 g/mol. The number of nitrogens with one attached hydrogen (secondary N) is 1. The highest BCUT2D eigenvalue weighted by molar-refractivity contribution is 6.17. The van der Waals surface area contributed by atoms with E-state index in [9.17, 15) is 9.59 Å². The van der Waals surface area contributed by atoms with E-state index in [4.69, 9.17) is 16.3 Å². The number of rotatable bonds is 6. The number of benzene rings is 1. The van der Waals surface area contributed by atoms with Crippen LogP contribution in [0.5, 0.6) is 0 Å². The highest BCUT2D eigenvalue weighted by Crippen LogP contribution is 2.39. The van der Waals surface area contributed by atoms with Gasteiger partial charge >= 0.3 is 12.1 Å². The summed E-state index contributed by atoms with van der Waals surface area (Å²) in [6.45, 7) is 0.686. The maximum Gasteiger partial charge on any atom is 0.408 e. The average Bonchev–Trinajstić information content (AvgIpc) is 3.24. The zero-order valence-corrected chi connectivity index (χ0v) is 11.6. The van der Waals surface area contributed by atoms with Gasteiger partial charge < -0.3 is 14.8 Å². The second kappa shape index (κ2) is 7.14. The molecule has 20 heavy (non-hydrogen) atoms. The largest absolute Gasteiger partial charge is 0.461 e. The fraction of sp³-hybridized carbons (Fsp3) is 0.429. The standard InChI is InChI=1S/C14H16ClNO4/c15-9-20-14(18)16-7-11-6-12(11)13(17)19-8-10-4-2-1-3-5-10/h1-5,11-12H,6-9H2,(H,16,18)/t11-,12-/m0/s1. The first kappa shape index (κ1) is 14.7. The first-order valence-corrected chi connectivity index (χ1v) is 6.91. The van der Waals surface area contributed by atoms with Gasteiger partial charge in [0.05, 0.1) is 5.92 Å². The van der Waals surface area contributed by atoms with Crippen molar-refractivity contribution < 1.29 is 19.1 Å². The number of carbonyl (C=O) groups excluding carboxylic acids is 2. The van der Waals surface area contributed by atoms with Gasteiger partial charge in [-0.05, 0) is 17.9 Å². The maximum atomic E-state index is 11.8. The molecule has 1 aliphatic carbocycles. The predicted molar refractivity (Wildman–Crippen MR) is 73.0 cm³/mol. The van der Waals surface area contributed by atoms with Crippen LogP contribution in [0.15, 0.2) is 30.3 Å². The van der Waals surface area contributed by atoms with Crippen molar-refractivity contribution in [2.75, 3.05) is 12.6 Å². The van der Waals surface area contributed by atoms with Gasteiger partial charge in [0, 0.05) is 6.54 Å². The minimum Gasteiger partial charge on any atom is -0.461 e. The highest BCUT2D eigenvalue weighted by Gasteiger charge is 2.44. The van der Waals surface area contributed by atoms with Gasteiger partial charge in [0.2, 0.25) is 0 Å². The molecule has 108 valence electrons. The van der Waals surface area contributed by atoms with Crippen LogP contribution in [0.3, 0.4) is 0 Å². The quantitative estimate of drug-likeness (QED) is 0.646. The molecule has 6 heteroatoms. The van der Waals surface area contributed by atoms with Crippen molar-refractivity contribution in [3.05, 3.63) is 35.9 Å². The van der Waals surface area contributed by atoms with Gasteiger partial charge in [-0.2, -0.15) is 0 Å². The summed E-state index contributed by atoms with van der Waals surface area (Å²) in [7, 11) is 0. The molecule has 0 saturated heterocycles. The van der Waals surface area contributed by atoms with Crippen molar-refractivity contribution in [3.8, 4) is 0 Å². The molecule has 0 aromatic heterocycles. The van der Waals surface area contributed by atoms with Crippen molar-refractivity contribution in [1.29, 1.82) is 0 Å². The van der Waals surface area contributed by atoms with Gasteiger partial charge in [-0.25, -0.2) is 4.79 Å². The zero-order valence-electron chi connectivity index (χ0n) is 10.9. The fourth-order valence-corrected chi connectivity index (χ4v) is 2.01. The highest BCUT2D eigenvalue weighted by atomic mass is 35.5. The Bertz CT molecular complexity index is 466. The molecule has 1 aliphatic rings. The lowest BCUT2D eigenvalue weighted by Gasteiger charge is -2.05. The van der Waals surface area contributed by atoms with Crippen LogP contribution in [0, 0.1) is 11.8 Å². The average molecular weight is 298 g/mol. The molecule has 0 spiro atoms. The second-order valence-corrected chi connectivity index (χ2v) is 4.84. The van der Waals surface area contributed by atoms with E-state index in [1.807, 2.05) is 30.3 Å². The van der Waals surface area contributed by atoms with Gasteiger partial charge in [0.15, 0.2) is 6.07 Å². The van der Waals surface area contributed by atoms with Crippen molar-refractivity contribution in [3.63, 3.8) is 0 Å². The smallest absolute Gasteiger partial charge is 0.408 e. The lowest BCUT2D eigenvalue weighted by Crippen LogP contribution is -2.27. The molecular formula is C14H16ClNO4. The predicted octanol–water partition coefficient (Wildman–Crippen LogP) is 2.29. The van der Waals surface area contributed by atoms with Crippen molar-refractivity contribution in [2.24, 2.45) is 11.8 Å². The number of hydrogen-bond acceptors (Lipinski definition) is 4. The van der Waals surface area contributed by atoms with Crippen LogP contribution in [0.1, 0.15) is 12.0 Å². The molecule has 1 N–H and O–H groups in total. The SMILES string of the molecule is O=C(NC[C@@H]1C[C@@H]1C(=O)OCc1ccccc1)OCCl. The number of alkyl carbamates (subject to hydrolysis) is 1. The monoisotopic (exact) mass is 297 g/mol. The minimum absolute atomic E-state index is 0.126. The van der Waals surface area contributed by atoms with Gasteiger partial charge in [0.25, 0.3) is 0 Å². The third-order valence-electron chi connectivity index (χ3n) is 3.14. The van der Waals surface area contributed by atoms with E-state index >= 15 is 0 Å². The van der Waals surface area contributed by atoms with E-state index in [2.05, 4.69) is 10.1 Å². The summed E-state index contributed by atoms with van der Waals surface area (Å²) in [4.78, 5) is 22.8. The van der Waals surface area contributed by atoms with Crippen LogP contribution in [0.2, 0.25) is 0 Å². The van der Waals surface area contributed by atoms with Gasteiger partial charge in [-0.15, -0.1) is 0 Å². The minimum atomic E-state index is -0.566. The Morgan fingerprint density at radius 3 is 2.70 bits per heavy atom. The van der Waals surface area contributed by atoms with E-state index in [1.165, 1.54) is 0 Å². The van der Waals surface area contributed by atoms with Crippen LogP contribution in [-0.2, 0) is 20.9 Å². The molecule has 0 unspecified atom stereocenters. The number of alkyl halides is 1. The summed E-state index contributed by atoms with van der Waals surface area (Å²) in [6, 6.07) is 9.33. The molecule has 0 heterocycles. The number of esters is 1. The van der Waals surface area contributed by atoms with Gasteiger partial charge in [-0.3, -0.25) is 4.79 Å². The first-order chi connectivity index (χ1) is 9.70. The Kier molecular flexibility index (Phi) is 5.24. The summed E-state index contributed by atoms with van der Waals surface area (Å²) in [5.41, 5.74) is 0.960. The Hall–Kier alpha value is -1.75. The van der Waals surface area contributed by atoms with Crippen molar-refractivity contribution in [2.45, 2.75) is 13.0 Å². The van der Waals surface area contributed by atoms with E-state index in [0.29, 0.717) is 6.54 Å². The molecule has 2 atom stereocenters. The van der Waals surface area contributed by atoms with E-state index < -0.39 is 6.09 Å². The maximum absolute atomic E-state index is 11.8. The Morgan fingerprint density at radius 1 is 1.25 bits per heavy atom. The molecule has 1 aromatic rings. The molecule has 1 saturated carbocycles. The third-order valence-corrected chi connectivity index (χ3v) is 3.25. The number of hydrogen-bond donors (Lipinski definition) is 1. The molecule has 0 aliphatic heterocycles. The molecule has 2 rings (SSSR count). The fourth-order valence-electron chi connectivity index (χ4n) is 1.91. The van der Waals surface area contributed by atoms with Crippen LogP contribution in [0.25, 0.3) is 0 Å². The number of ether oxygens (including phenoxy) is 2. The van der Waals surface area contributed by atoms with Gasteiger partial charge in [0.1, 0.15) is 6.61 Å². The molecule has 1 amide bonds. The Labute approximate surface area is 122 Å². The number of amides is 1. The van der Waals surface area contributed by atoms with Crippen LogP contribution in [0.4, 0.5) is 4.79 Å². The summed E-state index contributed by atoms with van der Waals surface area (Å²) in [5, 5.41) is 2.55. The number of carbonyl (C=O) groups is 2. The van der Waals surface area contributed by atoms with E-state index in [1.54, 1.807) is 0 Å². The normalized spacial score (nSPS) is 20.1. The van der Waals surface area contributed by atoms with Crippen LogP contribution < -0.4 is 5.32 Å². The topological polar surface area (TPSA) is 64.6 Å². The van der Waals surface area contributed by atoms with Crippen LogP contribution in [-0.4, -0.2) is 24.7 Å². The second-order valence-electron chi connectivity index (χ2n) is 4.62. The molecule has 0 radical (unpaired) electrons. The zero-order chi connectivity index (χ0) is 14.4. The summed E-state index contributed by atoms with van der Waals surface area (Å²) in [6.07, 6.45) is 0.165. The molecule has 1 fully saturated rings. The third kappa shape index (κ3) is 4.42. The summed E-state index contributed by atoms with van der Waals surface area (Å²) >= 11 is 5.25. The van der Waals surface area contributed by atoms with Crippen molar-refractivity contribution >= 4 is 23.7 Å². The Morgan fingerprint density at radius 2 is 2.00 bits per heavy atom. The van der Waals surface area contributed by atoms with Crippen molar-refractivity contribution in [1.82, 2.24) is 5.32 Å². The summed E-state index contributed by atoms with van der Waals surface area (Å²) in [5.74, 6) is -0.220. The van der Waals surface area contributed by atoms with E-state index in [0.717, 1.165) is 12.0 Å². The van der Waals surface area contributed by atoms with E-state index in [-0.39, 0.29) is 30.5 Å². The number of halogens is 1. The molecule has 5 nitrogen and oxygen atoms in total. The van der Waals surface area contributed by atoms with Gasteiger partial charge in [-0.1, -0.05) is 41.9 Å². The lowest BCUT2D eigenvalue weighted by atomic mass is 10.2.